The monoisotopic (exact) mass is 331 g/mol. The molecular formula is C19H22ClNO2. The Hall–Kier alpha value is -1.71. The van der Waals surface area contributed by atoms with Crippen LogP contribution in [0.5, 0.6) is 11.5 Å². The van der Waals surface area contributed by atoms with Gasteiger partial charge >= 0.3 is 0 Å². The Morgan fingerprint density at radius 3 is 2.48 bits per heavy atom. The molecule has 23 heavy (non-hydrogen) atoms. The molecule has 0 saturated heterocycles. The van der Waals surface area contributed by atoms with Gasteiger partial charge in [-0.25, -0.2) is 0 Å². The van der Waals surface area contributed by atoms with E-state index < -0.39 is 0 Å². The fourth-order valence-corrected chi connectivity index (χ4v) is 3.11. The molecular weight excluding hydrogens is 310 g/mol. The summed E-state index contributed by atoms with van der Waals surface area (Å²) in [5, 5.41) is 4.10. The van der Waals surface area contributed by atoms with Crippen LogP contribution >= 0.6 is 11.6 Å². The fourth-order valence-electron chi connectivity index (χ4n) is 2.82. The molecule has 0 atom stereocenters. The van der Waals surface area contributed by atoms with Crippen LogP contribution in [0.25, 0.3) is 0 Å². The number of hydrogen-bond donors (Lipinski definition) is 1. The molecule has 3 nitrogen and oxygen atoms in total. The minimum atomic E-state index is 0.552. The molecule has 0 fully saturated rings. The molecule has 1 heterocycles. The number of halogens is 1. The molecule has 0 bridgehead atoms. The van der Waals surface area contributed by atoms with Gasteiger partial charge in [0.2, 0.25) is 0 Å². The minimum Gasteiger partial charge on any atom is -0.486 e. The Kier molecular flexibility index (Phi) is 4.79. The largest absolute Gasteiger partial charge is 0.486 e. The molecule has 0 saturated carbocycles. The highest BCUT2D eigenvalue weighted by molar-refractivity contribution is 6.32. The lowest BCUT2D eigenvalue weighted by Gasteiger charge is -2.20. The highest BCUT2D eigenvalue weighted by Crippen LogP contribution is 2.38. The van der Waals surface area contributed by atoms with E-state index in [4.69, 9.17) is 21.1 Å². The fraction of sp³-hybridized carbons (Fsp3) is 0.368. The van der Waals surface area contributed by atoms with Crippen LogP contribution in [0.3, 0.4) is 0 Å². The zero-order chi connectivity index (χ0) is 16.4. The van der Waals surface area contributed by atoms with Crippen LogP contribution in [0.1, 0.15) is 27.8 Å². The van der Waals surface area contributed by atoms with E-state index in [0.717, 1.165) is 24.4 Å². The molecule has 1 N–H and O–H groups in total. The Morgan fingerprint density at radius 2 is 1.65 bits per heavy atom. The average molecular weight is 332 g/mol. The Labute approximate surface area is 142 Å². The highest BCUT2D eigenvalue weighted by atomic mass is 35.5. The smallest absolute Gasteiger partial charge is 0.179 e. The molecule has 0 amide bonds. The summed E-state index contributed by atoms with van der Waals surface area (Å²) in [6.07, 6.45) is 0. The number of fused-ring (bicyclic) bond motifs is 1. The molecule has 122 valence electrons. The molecule has 1 aliphatic heterocycles. The normalized spacial score (nSPS) is 13.2. The summed E-state index contributed by atoms with van der Waals surface area (Å²) in [6, 6.07) is 8.44. The maximum Gasteiger partial charge on any atom is 0.179 e. The van der Waals surface area contributed by atoms with Gasteiger partial charge in [-0.3, -0.25) is 0 Å². The van der Waals surface area contributed by atoms with E-state index >= 15 is 0 Å². The lowest BCUT2D eigenvalue weighted by Crippen LogP contribution is -2.17. The third-order valence-corrected chi connectivity index (χ3v) is 4.53. The van der Waals surface area contributed by atoms with E-state index in [9.17, 15) is 0 Å². The predicted octanol–water partition coefficient (Wildman–Crippen LogP) is 4.33. The number of hydrogen-bond acceptors (Lipinski definition) is 3. The SMILES string of the molecule is Cc1cc(C)c(CNCc2cc(Cl)c3c(c2)OCCO3)cc1C. The van der Waals surface area contributed by atoms with Crippen molar-refractivity contribution in [2.45, 2.75) is 33.9 Å². The Bertz CT molecular complexity index is 728. The summed E-state index contributed by atoms with van der Waals surface area (Å²) < 4.78 is 11.2. The van der Waals surface area contributed by atoms with E-state index in [2.05, 4.69) is 38.2 Å². The maximum absolute atomic E-state index is 6.27. The number of nitrogens with one attached hydrogen (secondary N) is 1. The van der Waals surface area contributed by atoms with Gasteiger partial charge in [0.1, 0.15) is 13.2 Å². The van der Waals surface area contributed by atoms with Crippen molar-refractivity contribution in [3.8, 4) is 11.5 Å². The quantitative estimate of drug-likeness (QED) is 0.904. The van der Waals surface area contributed by atoms with Crippen molar-refractivity contribution >= 4 is 11.6 Å². The number of aryl methyl sites for hydroxylation is 3. The molecule has 2 aromatic rings. The van der Waals surface area contributed by atoms with Crippen LogP contribution in [0.2, 0.25) is 5.02 Å². The molecule has 4 heteroatoms. The second kappa shape index (κ2) is 6.81. The molecule has 0 aliphatic carbocycles. The first-order chi connectivity index (χ1) is 11.0. The average Bonchev–Trinajstić information content (AvgIpc) is 2.52. The van der Waals surface area contributed by atoms with Crippen molar-refractivity contribution in [2.75, 3.05) is 13.2 Å². The standard InChI is InChI=1S/C19H22ClNO2/c1-12-6-14(3)16(7-13(12)2)11-21-10-15-8-17(20)19-18(9-15)22-4-5-23-19/h6-9,21H,4-5,10-11H2,1-3H3. The van der Waals surface area contributed by atoms with Gasteiger partial charge in [-0.2, -0.15) is 0 Å². The van der Waals surface area contributed by atoms with E-state index in [1.54, 1.807) is 0 Å². The Morgan fingerprint density at radius 1 is 0.913 bits per heavy atom. The molecule has 0 aromatic heterocycles. The van der Waals surface area contributed by atoms with Gasteiger partial charge in [-0.05, 0) is 60.7 Å². The lowest BCUT2D eigenvalue weighted by molar-refractivity contribution is 0.171. The maximum atomic E-state index is 6.27. The van der Waals surface area contributed by atoms with Gasteiger partial charge in [-0.15, -0.1) is 0 Å². The first-order valence-corrected chi connectivity index (χ1v) is 8.28. The van der Waals surface area contributed by atoms with Gasteiger partial charge in [0.25, 0.3) is 0 Å². The molecule has 3 rings (SSSR count). The zero-order valence-corrected chi connectivity index (χ0v) is 14.6. The minimum absolute atomic E-state index is 0.552. The summed E-state index contributed by atoms with van der Waals surface area (Å²) >= 11 is 6.27. The zero-order valence-electron chi connectivity index (χ0n) is 13.8. The van der Waals surface area contributed by atoms with Gasteiger partial charge in [0, 0.05) is 13.1 Å². The summed E-state index contributed by atoms with van der Waals surface area (Å²) in [6.45, 7) is 9.15. The van der Waals surface area contributed by atoms with Crippen LogP contribution in [0.15, 0.2) is 24.3 Å². The summed E-state index contributed by atoms with van der Waals surface area (Å²) in [7, 11) is 0. The highest BCUT2D eigenvalue weighted by Gasteiger charge is 2.16. The van der Waals surface area contributed by atoms with Gasteiger partial charge in [0.05, 0.1) is 5.02 Å². The second-order valence-corrected chi connectivity index (χ2v) is 6.48. The third kappa shape index (κ3) is 3.62. The number of ether oxygens (including phenoxy) is 2. The van der Waals surface area contributed by atoms with E-state index in [-0.39, 0.29) is 0 Å². The van der Waals surface area contributed by atoms with Crippen molar-refractivity contribution in [1.29, 1.82) is 0 Å². The van der Waals surface area contributed by atoms with Crippen molar-refractivity contribution in [2.24, 2.45) is 0 Å². The van der Waals surface area contributed by atoms with E-state index in [1.807, 2.05) is 12.1 Å². The Balaban J connectivity index is 1.67. The van der Waals surface area contributed by atoms with Crippen molar-refractivity contribution in [3.05, 3.63) is 57.1 Å². The van der Waals surface area contributed by atoms with Crippen LogP contribution in [0.4, 0.5) is 0 Å². The number of benzene rings is 2. The lowest BCUT2D eigenvalue weighted by atomic mass is 10.0. The first kappa shape index (κ1) is 16.2. The van der Waals surface area contributed by atoms with Crippen LogP contribution < -0.4 is 14.8 Å². The van der Waals surface area contributed by atoms with Gasteiger partial charge in [-0.1, -0.05) is 23.7 Å². The summed E-state index contributed by atoms with van der Waals surface area (Å²) in [5.74, 6) is 1.40. The van der Waals surface area contributed by atoms with Crippen LogP contribution in [-0.2, 0) is 13.1 Å². The second-order valence-electron chi connectivity index (χ2n) is 6.07. The topological polar surface area (TPSA) is 30.5 Å². The van der Waals surface area contributed by atoms with Crippen molar-refractivity contribution < 1.29 is 9.47 Å². The van der Waals surface area contributed by atoms with E-state index in [1.165, 1.54) is 22.3 Å². The first-order valence-electron chi connectivity index (χ1n) is 7.90. The molecule has 0 spiro atoms. The van der Waals surface area contributed by atoms with Crippen molar-refractivity contribution in [3.63, 3.8) is 0 Å². The molecule has 0 unspecified atom stereocenters. The van der Waals surface area contributed by atoms with E-state index in [0.29, 0.717) is 24.0 Å². The molecule has 2 aromatic carbocycles. The van der Waals surface area contributed by atoms with Gasteiger partial charge < -0.3 is 14.8 Å². The van der Waals surface area contributed by atoms with Crippen LogP contribution in [0, 0.1) is 20.8 Å². The third-order valence-electron chi connectivity index (χ3n) is 4.25. The van der Waals surface area contributed by atoms with Crippen LogP contribution in [-0.4, -0.2) is 13.2 Å². The summed E-state index contributed by atoms with van der Waals surface area (Å²) in [4.78, 5) is 0. The number of rotatable bonds is 4. The molecule has 0 radical (unpaired) electrons. The summed E-state index contributed by atoms with van der Waals surface area (Å²) in [5.41, 5.74) is 6.41. The predicted molar refractivity (Wildman–Crippen MR) is 93.6 cm³/mol. The molecule has 1 aliphatic rings. The van der Waals surface area contributed by atoms with Gasteiger partial charge in [0.15, 0.2) is 11.5 Å². The van der Waals surface area contributed by atoms with Crippen molar-refractivity contribution in [1.82, 2.24) is 5.32 Å².